The second kappa shape index (κ2) is 7.33. The summed E-state index contributed by atoms with van der Waals surface area (Å²) in [4.78, 5) is 5.04. The number of hydrogen-bond acceptors (Lipinski definition) is 2. The van der Waals surface area contributed by atoms with Gasteiger partial charge in [0.1, 0.15) is 0 Å². The lowest BCUT2D eigenvalue weighted by atomic mass is 10.0. The van der Waals surface area contributed by atoms with E-state index in [1.807, 2.05) is 0 Å². The van der Waals surface area contributed by atoms with Crippen LogP contribution in [0.3, 0.4) is 0 Å². The summed E-state index contributed by atoms with van der Waals surface area (Å²) in [5.74, 6) is 1.07. The second-order valence-electron chi connectivity index (χ2n) is 7.86. The van der Waals surface area contributed by atoms with Gasteiger partial charge in [0.05, 0.1) is 6.67 Å². The highest BCUT2D eigenvalue weighted by atomic mass is 79.9. The summed E-state index contributed by atoms with van der Waals surface area (Å²) in [6.07, 6.45) is 0. The van der Waals surface area contributed by atoms with Crippen molar-refractivity contribution < 1.29 is 0 Å². The number of rotatable bonds is 3. The maximum atomic E-state index is 3.58. The fourth-order valence-electron chi connectivity index (χ4n) is 4.76. The van der Waals surface area contributed by atoms with Gasteiger partial charge in [-0.15, -0.1) is 0 Å². The largest absolute Gasteiger partial charge is 0.361 e. The maximum Gasteiger partial charge on any atom is 0.0709 e. The fourth-order valence-corrected chi connectivity index (χ4v) is 5.29. The van der Waals surface area contributed by atoms with E-state index in [-0.39, 0.29) is 0 Å². The van der Waals surface area contributed by atoms with Gasteiger partial charge in [0.25, 0.3) is 0 Å². The lowest BCUT2D eigenvalue weighted by Crippen LogP contribution is -2.42. The zero-order valence-corrected chi connectivity index (χ0v) is 18.9. The summed E-state index contributed by atoms with van der Waals surface area (Å²) < 4.78 is 2.28. The maximum absolute atomic E-state index is 3.58. The Morgan fingerprint density at radius 2 is 1.29 bits per heavy atom. The van der Waals surface area contributed by atoms with Crippen molar-refractivity contribution in [2.45, 2.75) is 24.4 Å². The smallest absolute Gasteiger partial charge is 0.0709 e. The molecule has 1 heterocycles. The van der Waals surface area contributed by atoms with Gasteiger partial charge in [0.2, 0.25) is 0 Å². The van der Waals surface area contributed by atoms with Crippen molar-refractivity contribution in [3.8, 4) is 0 Å². The Kier molecular flexibility index (Phi) is 4.82. The van der Waals surface area contributed by atoms with E-state index < -0.39 is 0 Å². The minimum absolute atomic E-state index is 0.526. The quantitative estimate of drug-likeness (QED) is 0.414. The van der Waals surface area contributed by atoms with E-state index in [4.69, 9.17) is 0 Å². The second-order valence-corrected chi connectivity index (χ2v) is 9.69. The Bertz CT molecular complexity index is 933. The first-order valence-electron chi connectivity index (χ1n) is 9.66. The van der Waals surface area contributed by atoms with Gasteiger partial charge < -0.3 is 4.90 Å². The SMILES string of the molecule is CN1CN(C2C(c3ccc(Br)cc3)C2c2ccc(Br)cc2)Cc2ccccc21. The zero-order chi connectivity index (χ0) is 19.3. The Hall–Kier alpha value is -1.62. The highest BCUT2D eigenvalue weighted by Crippen LogP contribution is 2.58. The Balaban J connectivity index is 1.49. The molecule has 2 aliphatic rings. The first-order chi connectivity index (χ1) is 13.6. The average molecular weight is 498 g/mol. The van der Waals surface area contributed by atoms with E-state index in [1.54, 1.807) is 0 Å². The Morgan fingerprint density at radius 3 is 1.86 bits per heavy atom. The van der Waals surface area contributed by atoms with E-state index >= 15 is 0 Å². The van der Waals surface area contributed by atoms with Gasteiger partial charge in [-0.2, -0.15) is 0 Å². The van der Waals surface area contributed by atoms with Crippen molar-refractivity contribution >= 4 is 37.5 Å². The van der Waals surface area contributed by atoms with Gasteiger partial charge in [-0.25, -0.2) is 0 Å². The third kappa shape index (κ3) is 3.32. The lowest BCUT2D eigenvalue weighted by Gasteiger charge is -2.37. The molecule has 142 valence electrons. The molecule has 0 amide bonds. The molecule has 0 radical (unpaired) electrons. The average Bonchev–Trinajstić information content (AvgIpc) is 3.45. The number of hydrogen-bond donors (Lipinski definition) is 0. The Labute approximate surface area is 183 Å². The molecule has 0 spiro atoms. The number of fused-ring (bicyclic) bond motifs is 1. The third-order valence-electron chi connectivity index (χ3n) is 6.08. The van der Waals surface area contributed by atoms with Crippen LogP contribution >= 0.6 is 31.9 Å². The molecule has 1 fully saturated rings. The summed E-state index contributed by atoms with van der Waals surface area (Å²) >= 11 is 7.16. The van der Waals surface area contributed by atoms with Crippen LogP contribution in [-0.4, -0.2) is 24.7 Å². The molecule has 3 aromatic rings. The van der Waals surface area contributed by atoms with Crippen LogP contribution in [-0.2, 0) is 6.54 Å². The number of halogens is 2. The third-order valence-corrected chi connectivity index (χ3v) is 7.14. The van der Waals surface area contributed by atoms with Crippen LogP contribution in [0, 0.1) is 0 Å². The summed E-state index contributed by atoms with van der Waals surface area (Å²) in [6.45, 7) is 1.99. The van der Waals surface area contributed by atoms with E-state index in [2.05, 4.69) is 122 Å². The zero-order valence-electron chi connectivity index (χ0n) is 15.7. The highest BCUT2D eigenvalue weighted by Gasteiger charge is 2.55. The topological polar surface area (TPSA) is 6.48 Å². The number of nitrogens with zero attached hydrogens (tertiary/aromatic N) is 2. The van der Waals surface area contributed by atoms with Crippen LogP contribution in [0.5, 0.6) is 0 Å². The minimum atomic E-state index is 0.526. The summed E-state index contributed by atoms with van der Waals surface area (Å²) in [6, 6.07) is 27.1. The molecule has 0 aromatic heterocycles. The van der Waals surface area contributed by atoms with Crippen LogP contribution in [0.2, 0.25) is 0 Å². The van der Waals surface area contributed by atoms with Crippen molar-refractivity contribution in [2.24, 2.45) is 0 Å². The van der Waals surface area contributed by atoms with E-state index in [0.29, 0.717) is 17.9 Å². The molecule has 2 unspecified atom stereocenters. The highest BCUT2D eigenvalue weighted by molar-refractivity contribution is 9.10. The molecule has 2 nitrogen and oxygen atoms in total. The van der Waals surface area contributed by atoms with Crippen LogP contribution < -0.4 is 4.90 Å². The van der Waals surface area contributed by atoms with Crippen LogP contribution in [0.1, 0.15) is 28.5 Å². The number of anilines is 1. The van der Waals surface area contributed by atoms with Gasteiger partial charge in [-0.1, -0.05) is 74.3 Å². The molecular formula is C24H22Br2N2. The molecule has 0 N–H and O–H groups in total. The number of para-hydroxylation sites is 1. The first kappa shape index (κ1) is 18.4. The predicted octanol–water partition coefficient (Wildman–Crippen LogP) is 6.37. The van der Waals surface area contributed by atoms with Gasteiger partial charge in [-0.05, 0) is 47.0 Å². The van der Waals surface area contributed by atoms with E-state index in [0.717, 1.165) is 22.2 Å². The summed E-state index contributed by atoms with van der Waals surface area (Å²) in [5.41, 5.74) is 5.65. The molecule has 0 bridgehead atoms. The van der Waals surface area contributed by atoms with Crippen molar-refractivity contribution in [3.05, 3.63) is 98.4 Å². The van der Waals surface area contributed by atoms with Crippen LogP contribution in [0.15, 0.2) is 81.7 Å². The monoisotopic (exact) mass is 496 g/mol. The van der Waals surface area contributed by atoms with E-state index in [1.165, 1.54) is 22.4 Å². The van der Waals surface area contributed by atoms with Crippen molar-refractivity contribution in [3.63, 3.8) is 0 Å². The minimum Gasteiger partial charge on any atom is -0.361 e. The van der Waals surface area contributed by atoms with Gasteiger partial charge >= 0.3 is 0 Å². The van der Waals surface area contributed by atoms with Gasteiger partial charge in [0.15, 0.2) is 0 Å². The van der Waals surface area contributed by atoms with Crippen molar-refractivity contribution in [2.75, 3.05) is 18.6 Å². The molecule has 1 aliphatic carbocycles. The fraction of sp³-hybridized carbons (Fsp3) is 0.250. The lowest BCUT2D eigenvalue weighted by molar-refractivity contribution is 0.238. The summed E-state index contributed by atoms with van der Waals surface area (Å²) in [5, 5.41) is 0. The molecule has 3 aromatic carbocycles. The normalized spacial score (nSPS) is 24.1. The van der Waals surface area contributed by atoms with Crippen molar-refractivity contribution in [1.82, 2.24) is 4.90 Å². The standard InChI is InChI=1S/C24H22Br2N2/c1-27-15-28(14-18-4-2-3-5-21(18)27)24-22(16-6-10-19(25)11-7-16)23(24)17-8-12-20(26)13-9-17/h2-13,22-24H,14-15H2,1H3. The molecule has 5 rings (SSSR count). The number of benzene rings is 3. The van der Waals surface area contributed by atoms with Crippen LogP contribution in [0.25, 0.3) is 0 Å². The molecular weight excluding hydrogens is 476 g/mol. The first-order valence-corrected chi connectivity index (χ1v) is 11.2. The molecule has 1 aliphatic heterocycles. The molecule has 28 heavy (non-hydrogen) atoms. The van der Waals surface area contributed by atoms with E-state index in [9.17, 15) is 0 Å². The molecule has 4 heteroatoms. The van der Waals surface area contributed by atoms with Gasteiger partial charge in [-0.3, -0.25) is 4.90 Å². The van der Waals surface area contributed by atoms with Crippen molar-refractivity contribution in [1.29, 1.82) is 0 Å². The Morgan fingerprint density at radius 1 is 0.750 bits per heavy atom. The molecule has 0 saturated heterocycles. The molecule has 1 saturated carbocycles. The summed E-state index contributed by atoms with van der Waals surface area (Å²) in [7, 11) is 2.21. The predicted molar refractivity (Wildman–Crippen MR) is 123 cm³/mol. The molecule has 2 atom stereocenters. The van der Waals surface area contributed by atoms with Crippen LogP contribution in [0.4, 0.5) is 5.69 Å². The van der Waals surface area contributed by atoms with Gasteiger partial charge in [0, 0.05) is 46.1 Å².